The van der Waals surface area contributed by atoms with E-state index in [1.54, 1.807) is 6.07 Å². The van der Waals surface area contributed by atoms with Crippen LogP contribution in [0.25, 0.3) is 0 Å². The van der Waals surface area contributed by atoms with Gasteiger partial charge in [0.05, 0.1) is 13.4 Å². The van der Waals surface area contributed by atoms with E-state index in [0.29, 0.717) is 5.56 Å². The van der Waals surface area contributed by atoms with Crippen molar-refractivity contribution in [3.8, 4) is 5.75 Å². The van der Waals surface area contributed by atoms with Crippen molar-refractivity contribution in [3.05, 3.63) is 52.7 Å². The van der Waals surface area contributed by atoms with Crippen LogP contribution in [0.3, 0.4) is 0 Å². The second-order valence-corrected chi connectivity index (χ2v) is 3.76. The SMILES string of the molecule is COc1cccc(C(O)c2ccoc2Cl)c1F. The van der Waals surface area contributed by atoms with Crippen LogP contribution in [0.5, 0.6) is 5.75 Å². The first kappa shape index (κ1) is 12.0. The maximum Gasteiger partial charge on any atom is 0.199 e. The van der Waals surface area contributed by atoms with E-state index in [0.717, 1.165) is 0 Å². The van der Waals surface area contributed by atoms with Gasteiger partial charge < -0.3 is 14.3 Å². The largest absolute Gasteiger partial charge is 0.494 e. The van der Waals surface area contributed by atoms with Crippen molar-refractivity contribution < 1.29 is 18.7 Å². The molecule has 0 bridgehead atoms. The summed E-state index contributed by atoms with van der Waals surface area (Å²) in [6, 6.07) is 6.02. The Balaban J connectivity index is 2.44. The second-order valence-electron chi connectivity index (χ2n) is 3.42. The van der Waals surface area contributed by atoms with Gasteiger partial charge in [0.2, 0.25) is 0 Å². The molecule has 3 nitrogen and oxygen atoms in total. The van der Waals surface area contributed by atoms with Gasteiger partial charge >= 0.3 is 0 Å². The van der Waals surface area contributed by atoms with Gasteiger partial charge in [-0.1, -0.05) is 12.1 Å². The van der Waals surface area contributed by atoms with Crippen LogP contribution in [-0.2, 0) is 0 Å². The fourth-order valence-corrected chi connectivity index (χ4v) is 1.78. The van der Waals surface area contributed by atoms with Crippen molar-refractivity contribution in [1.82, 2.24) is 0 Å². The number of benzene rings is 1. The molecular formula is C12H10ClFO3. The van der Waals surface area contributed by atoms with Gasteiger partial charge in [0.1, 0.15) is 6.10 Å². The van der Waals surface area contributed by atoms with Crippen LogP contribution >= 0.6 is 11.6 Å². The highest BCUT2D eigenvalue weighted by Gasteiger charge is 2.21. The number of furan rings is 1. The summed E-state index contributed by atoms with van der Waals surface area (Å²) in [6.07, 6.45) is 0.148. The average molecular weight is 257 g/mol. The zero-order chi connectivity index (χ0) is 12.4. The van der Waals surface area contributed by atoms with Gasteiger partial charge in [-0.15, -0.1) is 0 Å². The molecule has 2 aromatic rings. The zero-order valence-corrected chi connectivity index (χ0v) is 9.74. The van der Waals surface area contributed by atoms with Gasteiger partial charge in [-0.05, 0) is 23.7 Å². The highest BCUT2D eigenvalue weighted by atomic mass is 35.5. The number of hydrogen-bond donors (Lipinski definition) is 1. The van der Waals surface area contributed by atoms with E-state index >= 15 is 0 Å². The van der Waals surface area contributed by atoms with Crippen LogP contribution in [0.15, 0.2) is 34.9 Å². The van der Waals surface area contributed by atoms with Crippen molar-refractivity contribution in [2.75, 3.05) is 7.11 Å². The summed E-state index contributed by atoms with van der Waals surface area (Å²) in [4.78, 5) is 0. The van der Waals surface area contributed by atoms with Crippen molar-refractivity contribution in [1.29, 1.82) is 0 Å². The predicted molar refractivity (Wildman–Crippen MR) is 60.7 cm³/mol. The Kier molecular flexibility index (Phi) is 3.36. The van der Waals surface area contributed by atoms with E-state index in [9.17, 15) is 9.50 Å². The molecule has 17 heavy (non-hydrogen) atoms. The first-order valence-electron chi connectivity index (χ1n) is 4.88. The summed E-state index contributed by atoms with van der Waals surface area (Å²) in [7, 11) is 1.36. The Morgan fingerprint density at radius 1 is 1.35 bits per heavy atom. The molecule has 90 valence electrons. The van der Waals surface area contributed by atoms with Crippen LogP contribution in [-0.4, -0.2) is 12.2 Å². The number of aliphatic hydroxyl groups excluding tert-OH is 1. The molecule has 1 heterocycles. The molecule has 0 aliphatic heterocycles. The average Bonchev–Trinajstić information content (AvgIpc) is 2.75. The van der Waals surface area contributed by atoms with Crippen molar-refractivity contribution in [2.24, 2.45) is 0 Å². The quantitative estimate of drug-likeness (QED) is 0.917. The van der Waals surface area contributed by atoms with E-state index in [1.807, 2.05) is 0 Å². The maximum atomic E-state index is 13.9. The lowest BCUT2D eigenvalue weighted by molar-refractivity contribution is 0.212. The van der Waals surface area contributed by atoms with E-state index in [-0.39, 0.29) is 16.5 Å². The number of halogens is 2. The van der Waals surface area contributed by atoms with Gasteiger partial charge in [-0.2, -0.15) is 0 Å². The van der Waals surface area contributed by atoms with Crippen LogP contribution in [0.2, 0.25) is 5.22 Å². The number of rotatable bonds is 3. The fourth-order valence-electron chi connectivity index (χ4n) is 1.56. The van der Waals surface area contributed by atoms with Gasteiger partial charge in [-0.25, -0.2) is 4.39 Å². The minimum Gasteiger partial charge on any atom is -0.494 e. The van der Waals surface area contributed by atoms with Crippen molar-refractivity contribution in [3.63, 3.8) is 0 Å². The molecule has 1 N–H and O–H groups in total. The highest BCUT2D eigenvalue weighted by Crippen LogP contribution is 2.32. The molecule has 0 amide bonds. The summed E-state index contributed by atoms with van der Waals surface area (Å²) in [6.45, 7) is 0. The topological polar surface area (TPSA) is 42.6 Å². The third-order valence-electron chi connectivity index (χ3n) is 2.45. The smallest absolute Gasteiger partial charge is 0.199 e. The van der Waals surface area contributed by atoms with Crippen LogP contribution in [0.1, 0.15) is 17.2 Å². The van der Waals surface area contributed by atoms with Crippen molar-refractivity contribution >= 4 is 11.6 Å². The Bertz CT molecular complexity index is 524. The molecule has 2 rings (SSSR count). The first-order valence-corrected chi connectivity index (χ1v) is 5.26. The molecule has 0 saturated heterocycles. The molecule has 1 atom stereocenters. The van der Waals surface area contributed by atoms with Crippen molar-refractivity contribution in [2.45, 2.75) is 6.10 Å². The highest BCUT2D eigenvalue weighted by molar-refractivity contribution is 6.29. The molecule has 1 aromatic heterocycles. The van der Waals surface area contributed by atoms with Crippen LogP contribution < -0.4 is 4.74 Å². The maximum absolute atomic E-state index is 13.9. The summed E-state index contributed by atoms with van der Waals surface area (Å²) in [5, 5.41) is 10.1. The molecule has 5 heteroatoms. The Hall–Kier alpha value is -1.52. The van der Waals surface area contributed by atoms with E-state index in [4.69, 9.17) is 20.8 Å². The first-order chi connectivity index (χ1) is 8.15. The van der Waals surface area contributed by atoms with E-state index in [1.165, 1.54) is 31.6 Å². The minimum atomic E-state index is -1.18. The molecule has 0 fully saturated rings. The molecule has 1 unspecified atom stereocenters. The molecule has 0 radical (unpaired) electrons. The second kappa shape index (κ2) is 4.77. The summed E-state index contributed by atoms with van der Waals surface area (Å²) >= 11 is 5.73. The van der Waals surface area contributed by atoms with Gasteiger partial charge in [0.15, 0.2) is 16.8 Å². The molecule has 0 spiro atoms. The minimum absolute atomic E-state index is 0.0414. The molecule has 0 aliphatic rings. The Morgan fingerprint density at radius 3 is 2.71 bits per heavy atom. The summed E-state index contributed by atoms with van der Waals surface area (Å²) in [5.74, 6) is -0.541. The van der Waals surface area contributed by atoms with Crippen LogP contribution in [0.4, 0.5) is 4.39 Å². The molecular weight excluding hydrogens is 247 g/mol. The zero-order valence-electron chi connectivity index (χ0n) is 8.98. The van der Waals surface area contributed by atoms with Gasteiger partial charge in [0.25, 0.3) is 0 Å². The summed E-state index contributed by atoms with van der Waals surface area (Å²) in [5.41, 5.74) is 0.409. The third kappa shape index (κ3) is 2.14. The number of hydrogen-bond acceptors (Lipinski definition) is 3. The predicted octanol–water partition coefficient (Wildman–Crippen LogP) is 3.16. The monoisotopic (exact) mass is 256 g/mol. The number of ether oxygens (including phenoxy) is 1. The third-order valence-corrected chi connectivity index (χ3v) is 2.76. The standard InChI is InChI=1S/C12H10ClFO3/c1-16-9-4-2-3-7(10(9)14)11(15)8-5-6-17-12(8)13/h2-6,11,15H,1H3. The lowest BCUT2D eigenvalue weighted by atomic mass is 10.0. The van der Waals surface area contributed by atoms with E-state index in [2.05, 4.69) is 0 Å². The molecule has 0 saturated carbocycles. The Labute approximate surface area is 102 Å². The molecule has 1 aromatic carbocycles. The normalized spacial score (nSPS) is 12.5. The molecule has 0 aliphatic carbocycles. The lowest BCUT2D eigenvalue weighted by Crippen LogP contribution is -2.03. The van der Waals surface area contributed by atoms with Gasteiger partial charge in [0, 0.05) is 11.1 Å². The summed E-state index contributed by atoms with van der Waals surface area (Å²) < 4.78 is 23.6. The van der Waals surface area contributed by atoms with Gasteiger partial charge in [-0.3, -0.25) is 0 Å². The number of methoxy groups -OCH3 is 1. The fraction of sp³-hybridized carbons (Fsp3) is 0.167. The van der Waals surface area contributed by atoms with E-state index < -0.39 is 11.9 Å². The lowest BCUT2D eigenvalue weighted by Gasteiger charge is -2.12. The Morgan fingerprint density at radius 2 is 2.12 bits per heavy atom. The number of aliphatic hydroxyl groups is 1. The van der Waals surface area contributed by atoms with Crippen LogP contribution in [0, 0.1) is 5.82 Å².